The number of amides is 2. The molecule has 3 aliphatic rings. The molecule has 6 heteroatoms. The molecule has 0 saturated carbocycles. The molecule has 166 valence electrons. The number of rotatable bonds is 5. The highest BCUT2D eigenvalue weighted by Gasteiger charge is 2.45. The van der Waals surface area contributed by atoms with Gasteiger partial charge in [0, 0.05) is 25.0 Å². The SMILES string of the molecule is CC.CC(C)C(=O)C1CCCN1C(=O)C1CCCN1C(=O)C1CCCN1C(C)C. The molecule has 0 aromatic heterocycles. The van der Waals surface area contributed by atoms with Crippen molar-refractivity contribution in [3.8, 4) is 0 Å². The van der Waals surface area contributed by atoms with E-state index in [1.54, 1.807) is 4.90 Å². The third-order valence-corrected chi connectivity index (χ3v) is 6.50. The fourth-order valence-electron chi connectivity index (χ4n) is 5.05. The van der Waals surface area contributed by atoms with E-state index in [0.29, 0.717) is 19.1 Å². The van der Waals surface area contributed by atoms with Crippen LogP contribution in [0, 0.1) is 5.92 Å². The average molecular weight is 408 g/mol. The number of nitrogens with zero attached hydrogens (tertiary/aromatic N) is 3. The Balaban J connectivity index is 0.00000145. The van der Waals surface area contributed by atoms with Gasteiger partial charge in [-0.15, -0.1) is 0 Å². The molecule has 3 unspecified atom stereocenters. The topological polar surface area (TPSA) is 60.9 Å². The molecule has 3 rings (SSSR count). The molecule has 0 aliphatic carbocycles. The summed E-state index contributed by atoms with van der Waals surface area (Å²) in [6, 6.07) is -0.434. The van der Waals surface area contributed by atoms with Gasteiger partial charge in [0.25, 0.3) is 0 Å². The Hall–Kier alpha value is -1.43. The molecule has 0 aromatic rings. The molecule has 6 nitrogen and oxygen atoms in total. The highest BCUT2D eigenvalue weighted by Crippen LogP contribution is 2.29. The van der Waals surface area contributed by atoms with E-state index in [0.717, 1.165) is 45.1 Å². The summed E-state index contributed by atoms with van der Waals surface area (Å²) in [4.78, 5) is 45.0. The molecule has 3 atom stereocenters. The van der Waals surface area contributed by atoms with Gasteiger partial charge in [-0.1, -0.05) is 27.7 Å². The monoisotopic (exact) mass is 407 g/mol. The lowest BCUT2D eigenvalue weighted by Gasteiger charge is -2.35. The van der Waals surface area contributed by atoms with E-state index >= 15 is 0 Å². The van der Waals surface area contributed by atoms with Gasteiger partial charge in [0.15, 0.2) is 5.78 Å². The standard InChI is InChI=1S/C21H35N3O3.C2H6/c1-14(2)19(25)16-8-5-12-23(16)21(27)18-10-7-13-24(18)20(26)17-9-6-11-22(17)15(3)4;1-2/h14-18H,5-13H2,1-4H3;1-2H3. The zero-order chi connectivity index (χ0) is 21.7. The van der Waals surface area contributed by atoms with Gasteiger partial charge in [-0.05, 0) is 58.9 Å². The third-order valence-electron chi connectivity index (χ3n) is 6.50. The van der Waals surface area contributed by atoms with Crippen molar-refractivity contribution < 1.29 is 14.4 Å². The first-order valence-electron chi connectivity index (χ1n) is 11.7. The highest BCUT2D eigenvalue weighted by atomic mass is 16.2. The van der Waals surface area contributed by atoms with Crippen molar-refractivity contribution in [3.05, 3.63) is 0 Å². The van der Waals surface area contributed by atoms with Gasteiger partial charge in [-0.2, -0.15) is 0 Å². The van der Waals surface area contributed by atoms with Crippen LogP contribution in [0.2, 0.25) is 0 Å². The number of hydrogen-bond donors (Lipinski definition) is 0. The molecule has 3 saturated heterocycles. The van der Waals surface area contributed by atoms with Crippen LogP contribution in [0.15, 0.2) is 0 Å². The van der Waals surface area contributed by atoms with Gasteiger partial charge in [-0.3, -0.25) is 19.3 Å². The molecule has 0 N–H and O–H groups in total. The van der Waals surface area contributed by atoms with Crippen molar-refractivity contribution in [1.82, 2.24) is 14.7 Å². The minimum atomic E-state index is -0.382. The van der Waals surface area contributed by atoms with Crippen LogP contribution in [-0.2, 0) is 14.4 Å². The van der Waals surface area contributed by atoms with Crippen LogP contribution in [0.3, 0.4) is 0 Å². The summed E-state index contributed by atoms with van der Waals surface area (Å²) in [5.74, 6) is 0.190. The van der Waals surface area contributed by atoms with Gasteiger partial charge in [0.1, 0.15) is 6.04 Å². The van der Waals surface area contributed by atoms with Crippen molar-refractivity contribution in [2.75, 3.05) is 19.6 Å². The Kier molecular flexibility index (Phi) is 8.68. The second-order valence-corrected chi connectivity index (χ2v) is 8.93. The maximum Gasteiger partial charge on any atom is 0.245 e. The Morgan fingerprint density at radius 3 is 1.69 bits per heavy atom. The zero-order valence-corrected chi connectivity index (χ0v) is 19.3. The lowest BCUT2D eigenvalue weighted by Crippen LogP contribution is -2.55. The fourth-order valence-corrected chi connectivity index (χ4v) is 5.05. The molecule has 3 aliphatic heterocycles. The predicted octanol–water partition coefficient (Wildman–Crippen LogP) is 3.09. The van der Waals surface area contributed by atoms with Gasteiger partial charge < -0.3 is 9.80 Å². The number of Topliss-reactive ketones (excluding diaryl/α,β-unsaturated/α-hetero) is 1. The van der Waals surface area contributed by atoms with Crippen molar-refractivity contribution in [3.63, 3.8) is 0 Å². The van der Waals surface area contributed by atoms with Crippen molar-refractivity contribution in [2.24, 2.45) is 5.92 Å². The lowest BCUT2D eigenvalue weighted by atomic mass is 9.99. The summed E-state index contributed by atoms with van der Waals surface area (Å²) in [7, 11) is 0. The Morgan fingerprint density at radius 2 is 1.14 bits per heavy atom. The molecule has 3 fully saturated rings. The van der Waals surface area contributed by atoms with Crippen LogP contribution in [0.4, 0.5) is 0 Å². The van der Waals surface area contributed by atoms with E-state index in [1.165, 1.54) is 0 Å². The number of hydrogen-bond acceptors (Lipinski definition) is 4. The molecule has 0 radical (unpaired) electrons. The smallest absolute Gasteiger partial charge is 0.245 e. The van der Waals surface area contributed by atoms with Gasteiger partial charge in [-0.25, -0.2) is 0 Å². The minimum absolute atomic E-state index is 0.00792. The van der Waals surface area contributed by atoms with E-state index in [9.17, 15) is 14.4 Å². The summed E-state index contributed by atoms with van der Waals surface area (Å²) >= 11 is 0. The fraction of sp³-hybridized carbons (Fsp3) is 0.870. The number of carbonyl (C=O) groups excluding carboxylic acids is 3. The van der Waals surface area contributed by atoms with Crippen LogP contribution >= 0.6 is 0 Å². The second kappa shape index (κ2) is 10.6. The Bertz CT molecular complexity index is 590. The van der Waals surface area contributed by atoms with Gasteiger partial charge in [0.2, 0.25) is 11.8 Å². The van der Waals surface area contributed by atoms with E-state index in [2.05, 4.69) is 18.7 Å². The molecular formula is C23H41N3O3. The van der Waals surface area contributed by atoms with Gasteiger partial charge >= 0.3 is 0 Å². The number of ketones is 1. The first-order chi connectivity index (χ1) is 13.8. The van der Waals surface area contributed by atoms with Gasteiger partial charge in [0.05, 0.1) is 12.1 Å². The molecule has 2 amide bonds. The number of likely N-dealkylation sites (tertiary alicyclic amines) is 3. The van der Waals surface area contributed by atoms with Crippen molar-refractivity contribution in [2.45, 2.75) is 104 Å². The molecule has 3 heterocycles. The maximum absolute atomic E-state index is 13.3. The maximum atomic E-state index is 13.3. The van der Waals surface area contributed by atoms with E-state index in [4.69, 9.17) is 0 Å². The Morgan fingerprint density at radius 1 is 0.690 bits per heavy atom. The molecule has 0 aromatic carbocycles. The minimum Gasteiger partial charge on any atom is -0.331 e. The summed E-state index contributed by atoms with van der Waals surface area (Å²) in [6.45, 7) is 14.3. The van der Waals surface area contributed by atoms with E-state index < -0.39 is 0 Å². The molecule has 0 bridgehead atoms. The van der Waals surface area contributed by atoms with E-state index in [-0.39, 0.29) is 41.6 Å². The normalized spacial score (nSPS) is 27.5. The van der Waals surface area contributed by atoms with Crippen LogP contribution in [0.5, 0.6) is 0 Å². The third kappa shape index (κ3) is 5.01. The quantitative estimate of drug-likeness (QED) is 0.703. The van der Waals surface area contributed by atoms with Crippen LogP contribution < -0.4 is 0 Å². The van der Waals surface area contributed by atoms with E-state index in [1.807, 2.05) is 32.6 Å². The van der Waals surface area contributed by atoms with Crippen molar-refractivity contribution in [1.29, 1.82) is 0 Å². The van der Waals surface area contributed by atoms with Crippen molar-refractivity contribution >= 4 is 17.6 Å². The first-order valence-corrected chi connectivity index (χ1v) is 11.7. The molecule has 29 heavy (non-hydrogen) atoms. The summed E-state index contributed by atoms with van der Waals surface area (Å²) in [5, 5.41) is 0. The summed E-state index contributed by atoms with van der Waals surface area (Å²) in [5.41, 5.74) is 0. The second-order valence-electron chi connectivity index (χ2n) is 8.93. The van der Waals surface area contributed by atoms with Crippen LogP contribution in [0.1, 0.15) is 80.1 Å². The molecule has 0 spiro atoms. The average Bonchev–Trinajstić information content (AvgIpc) is 3.47. The van der Waals surface area contributed by atoms with Crippen LogP contribution in [-0.4, -0.2) is 76.1 Å². The summed E-state index contributed by atoms with van der Waals surface area (Å²) < 4.78 is 0. The molecular weight excluding hydrogens is 366 g/mol. The predicted molar refractivity (Wildman–Crippen MR) is 116 cm³/mol. The zero-order valence-electron chi connectivity index (χ0n) is 19.3. The largest absolute Gasteiger partial charge is 0.331 e. The number of carbonyl (C=O) groups is 3. The highest BCUT2D eigenvalue weighted by molar-refractivity contribution is 5.95. The Labute approximate surface area is 177 Å². The van der Waals surface area contributed by atoms with Crippen LogP contribution in [0.25, 0.3) is 0 Å². The summed E-state index contributed by atoms with van der Waals surface area (Å²) in [6.07, 6.45) is 5.14. The first kappa shape index (κ1) is 23.8. The lowest BCUT2D eigenvalue weighted by molar-refractivity contribution is -0.148.